The normalized spacial score (nSPS) is 11.0. The standard InChI is InChI=1S/C18H14N2S/c1-2-4-17-16(3-1)14(7-9-19-17)12-20-15-5-6-18-13(11-15)8-10-21-18/h1-11,20H,12H2. The predicted octanol–water partition coefficient (Wildman–Crippen LogP) is 5.06. The van der Waals surface area contributed by atoms with E-state index < -0.39 is 0 Å². The Morgan fingerprint density at radius 2 is 1.95 bits per heavy atom. The second kappa shape index (κ2) is 5.19. The highest BCUT2D eigenvalue weighted by molar-refractivity contribution is 7.17. The lowest BCUT2D eigenvalue weighted by atomic mass is 10.1. The van der Waals surface area contributed by atoms with E-state index in [9.17, 15) is 0 Å². The maximum atomic E-state index is 4.40. The fourth-order valence-corrected chi connectivity index (χ4v) is 3.35. The summed E-state index contributed by atoms with van der Waals surface area (Å²) in [6.07, 6.45) is 1.88. The van der Waals surface area contributed by atoms with Gasteiger partial charge in [-0.15, -0.1) is 11.3 Å². The third kappa shape index (κ3) is 2.36. The van der Waals surface area contributed by atoms with Crippen molar-refractivity contribution in [3.05, 3.63) is 71.7 Å². The van der Waals surface area contributed by atoms with E-state index in [1.165, 1.54) is 21.0 Å². The minimum Gasteiger partial charge on any atom is -0.381 e. The molecule has 2 heterocycles. The van der Waals surface area contributed by atoms with Crippen LogP contribution in [-0.2, 0) is 6.54 Å². The molecule has 0 amide bonds. The van der Waals surface area contributed by atoms with Gasteiger partial charge in [0.15, 0.2) is 0 Å². The first kappa shape index (κ1) is 12.4. The number of fused-ring (bicyclic) bond motifs is 2. The molecular formula is C18H14N2S. The van der Waals surface area contributed by atoms with Gasteiger partial charge in [0.25, 0.3) is 0 Å². The molecule has 1 N–H and O–H groups in total. The van der Waals surface area contributed by atoms with Crippen LogP contribution in [0.3, 0.4) is 0 Å². The summed E-state index contributed by atoms with van der Waals surface area (Å²) in [6, 6.07) is 19.0. The van der Waals surface area contributed by atoms with Gasteiger partial charge in [-0.2, -0.15) is 0 Å². The number of anilines is 1. The summed E-state index contributed by atoms with van der Waals surface area (Å²) in [5.74, 6) is 0. The van der Waals surface area contributed by atoms with Crippen LogP contribution in [0.25, 0.3) is 21.0 Å². The quantitative estimate of drug-likeness (QED) is 0.570. The Hall–Kier alpha value is -2.39. The molecule has 0 aliphatic rings. The zero-order valence-corrected chi connectivity index (χ0v) is 12.2. The number of pyridine rings is 1. The van der Waals surface area contributed by atoms with Gasteiger partial charge in [-0.25, -0.2) is 0 Å². The van der Waals surface area contributed by atoms with E-state index in [0.717, 1.165) is 17.7 Å². The molecule has 2 aromatic heterocycles. The lowest BCUT2D eigenvalue weighted by molar-refractivity contribution is 1.16. The molecule has 0 spiro atoms. The Kier molecular flexibility index (Phi) is 3.05. The summed E-state index contributed by atoms with van der Waals surface area (Å²) in [5.41, 5.74) is 3.47. The average Bonchev–Trinajstić information content (AvgIpc) is 3.00. The average molecular weight is 290 g/mol. The highest BCUT2D eigenvalue weighted by Crippen LogP contribution is 2.25. The molecule has 0 aliphatic heterocycles. The third-order valence-electron chi connectivity index (χ3n) is 3.67. The number of benzene rings is 2. The zero-order valence-electron chi connectivity index (χ0n) is 11.4. The Labute approximate surface area is 127 Å². The Balaban J connectivity index is 1.63. The molecule has 0 aliphatic carbocycles. The first-order valence-corrected chi connectivity index (χ1v) is 7.82. The second-order valence-electron chi connectivity index (χ2n) is 5.01. The molecule has 3 heteroatoms. The largest absolute Gasteiger partial charge is 0.381 e. The Morgan fingerprint density at radius 3 is 2.95 bits per heavy atom. The number of para-hydroxylation sites is 1. The van der Waals surface area contributed by atoms with Crippen molar-refractivity contribution in [2.45, 2.75) is 6.54 Å². The van der Waals surface area contributed by atoms with E-state index >= 15 is 0 Å². The van der Waals surface area contributed by atoms with Gasteiger partial charge < -0.3 is 5.32 Å². The maximum Gasteiger partial charge on any atom is 0.0705 e. The number of nitrogens with zero attached hydrogens (tertiary/aromatic N) is 1. The van der Waals surface area contributed by atoms with Crippen LogP contribution in [-0.4, -0.2) is 4.98 Å². The summed E-state index contributed by atoms with van der Waals surface area (Å²) in [7, 11) is 0. The number of aromatic nitrogens is 1. The van der Waals surface area contributed by atoms with E-state index in [2.05, 4.69) is 64.2 Å². The van der Waals surface area contributed by atoms with Crippen molar-refractivity contribution in [2.75, 3.05) is 5.32 Å². The fourth-order valence-electron chi connectivity index (χ4n) is 2.58. The molecule has 21 heavy (non-hydrogen) atoms. The third-order valence-corrected chi connectivity index (χ3v) is 4.57. The maximum absolute atomic E-state index is 4.40. The zero-order chi connectivity index (χ0) is 14.1. The monoisotopic (exact) mass is 290 g/mol. The highest BCUT2D eigenvalue weighted by atomic mass is 32.1. The predicted molar refractivity (Wildman–Crippen MR) is 90.9 cm³/mol. The van der Waals surface area contributed by atoms with Gasteiger partial charge in [-0.05, 0) is 52.7 Å². The van der Waals surface area contributed by atoms with E-state index in [4.69, 9.17) is 0 Å². The van der Waals surface area contributed by atoms with Crippen molar-refractivity contribution in [1.82, 2.24) is 4.98 Å². The fraction of sp³-hybridized carbons (Fsp3) is 0.0556. The smallest absolute Gasteiger partial charge is 0.0705 e. The van der Waals surface area contributed by atoms with Gasteiger partial charge in [0.05, 0.1) is 5.52 Å². The molecule has 4 rings (SSSR count). The van der Waals surface area contributed by atoms with Gasteiger partial charge in [-0.1, -0.05) is 18.2 Å². The van der Waals surface area contributed by atoms with Crippen LogP contribution in [0.2, 0.25) is 0 Å². The number of hydrogen-bond acceptors (Lipinski definition) is 3. The molecule has 0 bridgehead atoms. The van der Waals surface area contributed by atoms with E-state index in [-0.39, 0.29) is 0 Å². The minimum atomic E-state index is 0.804. The van der Waals surface area contributed by atoms with Crippen LogP contribution >= 0.6 is 11.3 Å². The Morgan fingerprint density at radius 1 is 1.00 bits per heavy atom. The van der Waals surface area contributed by atoms with Gasteiger partial charge in [0.2, 0.25) is 0 Å². The summed E-state index contributed by atoms with van der Waals surface area (Å²) in [4.78, 5) is 4.40. The van der Waals surface area contributed by atoms with Crippen LogP contribution in [0.5, 0.6) is 0 Å². The van der Waals surface area contributed by atoms with Gasteiger partial charge in [0.1, 0.15) is 0 Å². The molecule has 4 aromatic rings. The van der Waals surface area contributed by atoms with Crippen LogP contribution < -0.4 is 5.32 Å². The molecule has 0 fully saturated rings. The van der Waals surface area contributed by atoms with Crippen molar-refractivity contribution < 1.29 is 0 Å². The highest BCUT2D eigenvalue weighted by Gasteiger charge is 2.02. The molecule has 2 nitrogen and oxygen atoms in total. The summed E-state index contributed by atoms with van der Waals surface area (Å²) in [5, 5.41) is 8.15. The molecular weight excluding hydrogens is 276 g/mol. The number of thiophene rings is 1. The minimum absolute atomic E-state index is 0.804. The molecule has 102 valence electrons. The molecule has 2 aromatic carbocycles. The molecule has 0 atom stereocenters. The topological polar surface area (TPSA) is 24.9 Å². The van der Waals surface area contributed by atoms with Crippen molar-refractivity contribution in [2.24, 2.45) is 0 Å². The van der Waals surface area contributed by atoms with Crippen molar-refractivity contribution >= 4 is 38.0 Å². The van der Waals surface area contributed by atoms with Crippen LogP contribution in [0.15, 0.2) is 66.2 Å². The summed E-state index contributed by atoms with van der Waals surface area (Å²) >= 11 is 1.78. The molecule has 0 saturated carbocycles. The summed E-state index contributed by atoms with van der Waals surface area (Å²) < 4.78 is 1.33. The first-order chi connectivity index (χ1) is 10.4. The first-order valence-electron chi connectivity index (χ1n) is 6.94. The lowest BCUT2D eigenvalue weighted by Crippen LogP contribution is -2.00. The molecule has 0 saturated heterocycles. The number of hydrogen-bond donors (Lipinski definition) is 1. The van der Waals surface area contributed by atoms with E-state index in [1.807, 2.05) is 12.3 Å². The van der Waals surface area contributed by atoms with Gasteiger partial charge in [-0.3, -0.25) is 4.98 Å². The lowest BCUT2D eigenvalue weighted by Gasteiger charge is -2.09. The number of rotatable bonds is 3. The van der Waals surface area contributed by atoms with Crippen LogP contribution in [0.4, 0.5) is 5.69 Å². The van der Waals surface area contributed by atoms with Crippen molar-refractivity contribution in [3.8, 4) is 0 Å². The molecule has 0 unspecified atom stereocenters. The molecule has 0 radical (unpaired) electrons. The van der Waals surface area contributed by atoms with Crippen LogP contribution in [0, 0.1) is 0 Å². The summed E-state index contributed by atoms with van der Waals surface area (Å²) in [6.45, 7) is 0.804. The van der Waals surface area contributed by atoms with E-state index in [0.29, 0.717) is 0 Å². The van der Waals surface area contributed by atoms with Crippen molar-refractivity contribution in [1.29, 1.82) is 0 Å². The Bertz CT molecular complexity index is 906. The number of nitrogens with one attached hydrogen (secondary N) is 1. The second-order valence-corrected chi connectivity index (χ2v) is 5.96. The van der Waals surface area contributed by atoms with Crippen LogP contribution in [0.1, 0.15) is 5.56 Å². The van der Waals surface area contributed by atoms with Crippen molar-refractivity contribution in [3.63, 3.8) is 0 Å². The van der Waals surface area contributed by atoms with Gasteiger partial charge >= 0.3 is 0 Å². The van der Waals surface area contributed by atoms with E-state index in [1.54, 1.807) is 11.3 Å². The SMILES string of the molecule is c1ccc2c(CNc3ccc4sccc4c3)ccnc2c1. The van der Waals surface area contributed by atoms with Gasteiger partial charge in [0, 0.05) is 28.5 Å².